The zero-order valence-electron chi connectivity index (χ0n) is 25.9. The third kappa shape index (κ3) is 10.3. The first kappa shape index (κ1) is 35.6. The Balaban J connectivity index is 0.000000211. The van der Waals surface area contributed by atoms with Crippen molar-refractivity contribution in [1.29, 1.82) is 0 Å². The molecule has 2 aliphatic rings. The standard InChI is InChI=1S/C17H21.C9H7.2C6H6O.C2H4.Zr/c1-16(2)8-9-17(3,4)15-11-13-7-5-6-12(13)10-14(15)16;1-2-5-9-7-3-6-8(9)4-1;2*7-6-4-2-1-3-5-6;1-2;/h5,10-11H,6,8-9H2,1-4H3;1-7H;2*1-5,7H;1-2H2;/q2*-1;;;;+4/p-2. The molecule has 0 radical (unpaired) electrons. The van der Waals surface area contributed by atoms with E-state index in [0.29, 0.717) is 10.8 Å². The van der Waals surface area contributed by atoms with Gasteiger partial charge in [-0.2, -0.15) is 41.3 Å². The summed E-state index contributed by atoms with van der Waals surface area (Å²) in [6.45, 7) is 15.5. The number of fused-ring (bicyclic) bond motifs is 3. The molecule has 2 aliphatic carbocycles. The fourth-order valence-corrected chi connectivity index (χ4v) is 5.14. The zero-order valence-corrected chi connectivity index (χ0v) is 28.4. The van der Waals surface area contributed by atoms with Crippen LogP contribution in [0.5, 0.6) is 11.5 Å². The van der Waals surface area contributed by atoms with Crippen LogP contribution in [0.1, 0.15) is 62.8 Å². The molecular formula is C40H42O2Zr. The second-order valence-corrected chi connectivity index (χ2v) is 11.7. The molecule has 0 saturated carbocycles. The van der Waals surface area contributed by atoms with Gasteiger partial charge in [0.2, 0.25) is 0 Å². The van der Waals surface area contributed by atoms with E-state index in [-0.39, 0.29) is 37.7 Å². The average Bonchev–Trinajstić information content (AvgIpc) is 3.67. The fourth-order valence-electron chi connectivity index (χ4n) is 5.14. The van der Waals surface area contributed by atoms with Gasteiger partial charge in [0.05, 0.1) is 0 Å². The Labute approximate surface area is 277 Å². The first-order valence-corrected chi connectivity index (χ1v) is 14.5. The predicted octanol–water partition coefficient (Wildman–Crippen LogP) is 9.18. The van der Waals surface area contributed by atoms with Crippen LogP contribution in [0.3, 0.4) is 0 Å². The van der Waals surface area contributed by atoms with Gasteiger partial charge in [-0.25, -0.2) is 0 Å². The second-order valence-electron chi connectivity index (χ2n) is 11.7. The third-order valence-corrected chi connectivity index (χ3v) is 7.69. The van der Waals surface area contributed by atoms with Gasteiger partial charge in [-0.1, -0.05) is 112 Å². The molecule has 0 saturated heterocycles. The molecule has 5 aromatic carbocycles. The Morgan fingerprint density at radius 2 is 1.16 bits per heavy atom. The molecule has 0 bridgehead atoms. The molecule has 0 heterocycles. The van der Waals surface area contributed by atoms with Crippen LogP contribution in [0.15, 0.2) is 134 Å². The quantitative estimate of drug-likeness (QED) is 0.125. The first-order valence-electron chi connectivity index (χ1n) is 14.5. The van der Waals surface area contributed by atoms with Gasteiger partial charge in [-0.05, 0) is 23.7 Å². The van der Waals surface area contributed by atoms with Gasteiger partial charge >= 0.3 is 26.2 Å². The number of benzene rings is 4. The van der Waals surface area contributed by atoms with Gasteiger partial charge < -0.3 is 10.2 Å². The summed E-state index contributed by atoms with van der Waals surface area (Å²) in [5, 5.41) is 23.2. The van der Waals surface area contributed by atoms with Crippen molar-refractivity contribution in [2.75, 3.05) is 0 Å². The van der Waals surface area contributed by atoms with E-state index in [0.717, 1.165) is 6.42 Å². The van der Waals surface area contributed by atoms with Crippen LogP contribution in [-0.4, -0.2) is 0 Å². The molecule has 0 unspecified atom stereocenters. The molecule has 0 spiro atoms. The summed E-state index contributed by atoms with van der Waals surface area (Å²) < 4.78 is 0. The van der Waals surface area contributed by atoms with Crippen molar-refractivity contribution in [1.82, 2.24) is 0 Å². The molecule has 5 aromatic rings. The molecule has 7 rings (SSSR count). The average molecular weight is 646 g/mol. The van der Waals surface area contributed by atoms with Crippen LogP contribution in [0.2, 0.25) is 0 Å². The van der Waals surface area contributed by atoms with Gasteiger partial charge in [0.15, 0.2) is 0 Å². The number of rotatable bonds is 0. The van der Waals surface area contributed by atoms with Crippen molar-refractivity contribution in [2.45, 2.75) is 57.8 Å². The summed E-state index contributed by atoms with van der Waals surface area (Å²) in [6.07, 6.45) is 9.20. The number of para-hydroxylation sites is 2. The molecule has 218 valence electrons. The number of hydrogen-bond acceptors (Lipinski definition) is 2. The predicted molar refractivity (Wildman–Crippen MR) is 175 cm³/mol. The van der Waals surface area contributed by atoms with Gasteiger partial charge in [-0.3, -0.25) is 0 Å². The molecule has 0 aromatic heterocycles. The number of hydrogen-bond donors (Lipinski definition) is 0. The van der Waals surface area contributed by atoms with E-state index in [4.69, 9.17) is 0 Å². The fraction of sp³-hybridized carbons (Fsp3) is 0.225. The normalized spacial score (nSPS) is 14.2. The summed E-state index contributed by atoms with van der Waals surface area (Å²) in [5.41, 5.74) is 6.58. The van der Waals surface area contributed by atoms with Crippen molar-refractivity contribution < 1.29 is 36.4 Å². The van der Waals surface area contributed by atoms with Crippen molar-refractivity contribution in [2.24, 2.45) is 0 Å². The van der Waals surface area contributed by atoms with Crippen LogP contribution in [0.4, 0.5) is 0 Å². The smallest absolute Gasteiger partial charge is 0.872 e. The van der Waals surface area contributed by atoms with E-state index in [1.165, 1.54) is 59.0 Å². The summed E-state index contributed by atoms with van der Waals surface area (Å²) in [5.74, 6) is 0.144. The Morgan fingerprint density at radius 1 is 0.674 bits per heavy atom. The van der Waals surface area contributed by atoms with E-state index < -0.39 is 0 Å². The van der Waals surface area contributed by atoms with Crippen LogP contribution >= 0.6 is 0 Å². The zero-order chi connectivity index (χ0) is 30.6. The van der Waals surface area contributed by atoms with E-state index >= 15 is 0 Å². The monoisotopic (exact) mass is 644 g/mol. The maximum atomic E-state index is 10.3. The first-order chi connectivity index (χ1) is 20.2. The van der Waals surface area contributed by atoms with Gasteiger partial charge in [0, 0.05) is 0 Å². The van der Waals surface area contributed by atoms with Crippen molar-refractivity contribution in [3.05, 3.63) is 163 Å². The minimum Gasteiger partial charge on any atom is -0.872 e. The number of allylic oxidation sites excluding steroid dienone is 1. The summed E-state index contributed by atoms with van der Waals surface area (Å²) in [7, 11) is 0. The SMILES string of the molecule is C=C.CC1(C)CCC(C)(C)c2cc3c(cc21)[C-]=CC3.[O-]c1ccccc1.[O-]c1ccccc1.[Zr+4].c1ccc2[cH-]ccc2c1. The van der Waals surface area contributed by atoms with Gasteiger partial charge in [-0.15, -0.1) is 65.9 Å². The minimum atomic E-state index is 0. The Morgan fingerprint density at radius 3 is 1.65 bits per heavy atom. The molecule has 3 heteroatoms. The van der Waals surface area contributed by atoms with Gasteiger partial charge in [0.1, 0.15) is 0 Å². The summed E-state index contributed by atoms with van der Waals surface area (Å²) >= 11 is 0. The summed E-state index contributed by atoms with van der Waals surface area (Å²) in [4.78, 5) is 0. The molecule has 0 aliphatic heterocycles. The Kier molecular flexibility index (Phi) is 14.0. The van der Waals surface area contributed by atoms with Crippen molar-refractivity contribution in [3.8, 4) is 11.5 Å². The molecule has 2 nitrogen and oxygen atoms in total. The van der Waals surface area contributed by atoms with Gasteiger partial charge in [0.25, 0.3) is 0 Å². The van der Waals surface area contributed by atoms with Crippen LogP contribution < -0.4 is 10.2 Å². The molecule has 0 amide bonds. The van der Waals surface area contributed by atoms with Crippen LogP contribution in [0, 0.1) is 6.08 Å². The Hall–Kier alpha value is -3.55. The maximum Gasteiger partial charge on any atom is 4.00 e. The Bertz CT molecular complexity index is 1480. The van der Waals surface area contributed by atoms with Crippen molar-refractivity contribution >= 4 is 10.8 Å². The molecule has 0 N–H and O–H groups in total. The minimum absolute atomic E-state index is 0. The van der Waals surface area contributed by atoms with E-state index in [2.05, 4.69) is 108 Å². The van der Waals surface area contributed by atoms with E-state index in [1.807, 2.05) is 12.1 Å². The third-order valence-electron chi connectivity index (χ3n) is 7.69. The molecule has 0 fully saturated rings. The maximum absolute atomic E-state index is 10.3. The van der Waals surface area contributed by atoms with E-state index in [1.54, 1.807) is 35.4 Å². The van der Waals surface area contributed by atoms with Crippen LogP contribution in [-0.2, 0) is 43.5 Å². The molecule has 43 heavy (non-hydrogen) atoms. The molecular weight excluding hydrogens is 604 g/mol. The summed E-state index contributed by atoms with van der Waals surface area (Å²) in [6, 6.07) is 36.2. The molecule has 0 atom stereocenters. The largest absolute Gasteiger partial charge is 4.00 e. The van der Waals surface area contributed by atoms with Crippen LogP contribution in [0.25, 0.3) is 10.8 Å². The second kappa shape index (κ2) is 16.9. The van der Waals surface area contributed by atoms with Crippen molar-refractivity contribution in [3.63, 3.8) is 0 Å². The van der Waals surface area contributed by atoms with E-state index in [9.17, 15) is 10.2 Å². The topological polar surface area (TPSA) is 46.1 Å².